The minimum absolute atomic E-state index is 0.0105. The van der Waals surface area contributed by atoms with Gasteiger partial charge in [-0.2, -0.15) is 0 Å². The Balaban J connectivity index is 2.01. The molecule has 3 saturated carbocycles. The Morgan fingerprint density at radius 3 is 2.04 bits per heavy atom. The van der Waals surface area contributed by atoms with Crippen molar-refractivity contribution in [1.82, 2.24) is 0 Å². The normalized spacial score (nSPS) is 55.8. The molecule has 0 aromatic carbocycles. The van der Waals surface area contributed by atoms with Gasteiger partial charge in [0, 0.05) is 17.4 Å². The maximum Gasteiger partial charge on any atom is 0.0675 e. The fourth-order valence-corrected chi connectivity index (χ4v) is 7.90. The number of halogens is 1. The maximum absolute atomic E-state index is 10.9. The van der Waals surface area contributed by atoms with Crippen molar-refractivity contribution in [2.75, 3.05) is 6.61 Å². The van der Waals surface area contributed by atoms with Crippen LogP contribution in [0.2, 0.25) is 0 Å². The Morgan fingerprint density at radius 1 is 0.870 bits per heavy atom. The van der Waals surface area contributed by atoms with E-state index in [0.29, 0.717) is 21.6 Å². The van der Waals surface area contributed by atoms with Gasteiger partial charge in [-0.15, -0.1) is 0 Å². The lowest BCUT2D eigenvalue weighted by atomic mass is 9.38. The van der Waals surface area contributed by atoms with Gasteiger partial charge >= 0.3 is 0 Å². The van der Waals surface area contributed by atoms with E-state index >= 15 is 0 Å². The average molecular weight is 387 g/mol. The highest BCUT2D eigenvalue weighted by Crippen LogP contribution is 2.70. The van der Waals surface area contributed by atoms with Crippen LogP contribution in [0.5, 0.6) is 0 Å². The molecule has 0 unspecified atom stereocenters. The second-order valence-corrected chi connectivity index (χ2v) is 11.2. The van der Waals surface area contributed by atoms with E-state index in [-0.39, 0.29) is 17.9 Å². The summed E-state index contributed by atoms with van der Waals surface area (Å²) in [6.45, 7) is 11.8. The first-order valence-electron chi connectivity index (χ1n) is 9.47. The zero-order valence-electron chi connectivity index (χ0n) is 15.5. The Labute approximate surface area is 150 Å². The van der Waals surface area contributed by atoms with E-state index in [1.165, 1.54) is 19.3 Å². The Kier molecular flexibility index (Phi) is 4.31. The van der Waals surface area contributed by atoms with E-state index in [1.54, 1.807) is 0 Å². The van der Waals surface area contributed by atoms with Gasteiger partial charge in [0.2, 0.25) is 0 Å². The number of alkyl halides is 1. The highest BCUT2D eigenvalue weighted by molar-refractivity contribution is 9.09. The highest BCUT2D eigenvalue weighted by Gasteiger charge is 2.64. The van der Waals surface area contributed by atoms with Gasteiger partial charge in [0.15, 0.2) is 0 Å². The molecular weight excluding hydrogens is 352 g/mol. The molecule has 3 aliphatic carbocycles. The summed E-state index contributed by atoms with van der Waals surface area (Å²) in [5, 5.41) is 21.0. The van der Waals surface area contributed by atoms with Crippen LogP contribution in [-0.2, 0) is 0 Å². The Hall–Kier alpha value is 0.400. The molecule has 0 saturated heterocycles. The molecule has 0 bridgehead atoms. The summed E-state index contributed by atoms with van der Waals surface area (Å²) in [5.74, 6) is 1.36. The van der Waals surface area contributed by atoms with Gasteiger partial charge in [0.25, 0.3) is 0 Å². The van der Waals surface area contributed by atoms with E-state index in [0.717, 1.165) is 25.2 Å². The van der Waals surface area contributed by atoms with Gasteiger partial charge in [0.1, 0.15) is 0 Å². The highest BCUT2D eigenvalue weighted by atomic mass is 79.9. The second kappa shape index (κ2) is 5.45. The van der Waals surface area contributed by atoms with Crippen LogP contribution in [0, 0.1) is 34.0 Å². The van der Waals surface area contributed by atoms with E-state index in [9.17, 15) is 10.2 Å². The first-order valence-corrected chi connectivity index (χ1v) is 10.4. The van der Waals surface area contributed by atoms with Gasteiger partial charge in [-0.25, -0.2) is 0 Å². The molecule has 2 nitrogen and oxygen atoms in total. The van der Waals surface area contributed by atoms with Crippen molar-refractivity contribution in [2.45, 2.75) is 83.6 Å². The summed E-state index contributed by atoms with van der Waals surface area (Å²) in [6, 6.07) is 0. The van der Waals surface area contributed by atoms with E-state index in [4.69, 9.17) is 0 Å². The Bertz CT molecular complexity index is 474. The molecule has 0 heterocycles. The molecule has 23 heavy (non-hydrogen) atoms. The zero-order valence-corrected chi connectivity index (χ0v) is 17.1. The van der Waals surface area contributed by atoms with Crippen LogP contribution < -0.4 is 0 Å². The molecule has 134 valence electrons. The summed E-state index contributed by atoms with van der Waals surface area (Å²) in [4.78, 5) is 0.609. The van der Waals surface area contributed by atoms with Crippen LogP contribution in [0.4, 0.5) is 0 Å². The van der Waals surface area contributed by atoms with Crippen molar-refractivity contribution in [1.29, 1.82) is 0 Å². The first kappa shape index (κ1) is 18.2. The van der Waals surface area contributed by atoms with Crippen LogP contribution >= 0.6 is 15.9 Å². The SMILES string of the molecule is CC1(C)[C@@H](Br)CC[C@]2(C)[C@@H]3CC[C@@](C)(O)[C@H](CO)[C@]3(C)CC[C@@H]12. The minimum Gasteiger partial charge on any atom is -0.396 e. The molecule has 0 aliphatic heterocycles. The predicted molar refractivity (Wildman–Crippen MR) is 98.6 cm³/mol. The fraction of sp³-hybridized carbons (Fsp3) is 1.00. The standard InChI is InChI=1S/C20H35BrO2/c1-17(2)13-6-9-19(4)14(18(13,3)10-8-16(17)21)7-11-20(5,23)15(19)12-22/h13-16,22-23H,6-12H2,1-5H3/t13-,14-,15+,16-,18-,19+,20+/m0/s1. The molecule has 7 atom stereocenters. The molecule has 3 heteroatoms. The van der Waals surface area contributed by atoms with Crippen LogP contribution in [0.15, 0.2) is 0 Å². The second-order valence-electron chi connectivity index (χ2n) is 10.1. The van der Waals surface area contributed by atoms with Crippen molar-refractivity contribution in [3.8, 4) is 0 Å². The van der Waals surface area contributed by atoms with Crippen molar-refractivity contribution >= 4 is 15.9 Å². The number of aliphatic hydroxyl groups is 2. The molecule has 2 N–H and O–H groups in total. The van der Waals surface area contributed by atoms with E-state index < -0.39 is 5.60 Å². The van der Waals surface area contributed by atoms with Gasteiger partial charge in [-0.05, 0) is 73.5 Å². The molecule has 3 fully saturated rings. The van der Waals surface area contributed by atoms with Crippen LogP contribution in [-0.4, -0.2) is 27.2 Å². The molecule has 0 aromatic rings. The van der Waals surface area contributed by atoms with Crippen molar-refractivity contribution in [2.24, 2.45) is 34.0 Å². The molecule has 3 aliphatic rings. The lowest BCUT2D eigenvalue weighted by Gasteiger charge is -2.68. The fourth-order valence-electron chi connectivity index (χ4n) is 7.36. The van der Waals surface area contributed by atoms with Crippen molar-refractivity contribution < 1.29 is 10.2 Å². The molecule has 0 amide bonds. The minimum atomic E-state index is -0.717. The van der Waals surface area contributed by atoms with Crippen LogP contribution in [0.25, 0.3) is 0 Å². The largest absolute Gasteiger partial charge is 0.396 e. The van der Waals surface area contributed by atoms with Crippen LogP contribution in [0.3, 0.4) is 0 Å². The quantitative estimate of drug-likeness (QED) is 0.637. The number of hydrogen-bond acceptors (Lipinski definition) is 2. The zero-order chi connectivity index (χ0) is 17.3. The molecule has 0 aromatic heterocycles. The lowest BCUT2D eigenvalue weighted by molar-refractivity contribution is -0.215. The topological polar surface area (TPSA) is 40.5 Å². The predicted octanol–water partition coefficient (Wildman–Crippen LogP) is 4.76. The molecular formula is C20H35BrO2. The maximum atomic E-state index is 10.9. The molecule has 0 radical (unpaired) electrons. The first-order chi connectivity index (χ1) is 10.5. The smallest absolute Gasteiger partial charge is 0.0675 e. The van der Waals surface area contributed by atoms with Gasteiger partial charge in [-0.3, -0.25) is 0 Å². The summed E-state index contributed by atoms with van der Waals surface area (Å²) in [7, 11) is 0. The molecule has 0 spiro atoms. The van der Waals surface area contributed by atoms with Crippen molar-refractivity contribution in [3.05, 3.63) is 0 Å². The third kappa shape index (κ3) is 2.39. The third-order valence-corrected chi connectivity index (χ3v) is 10.3. The van der Waals surface area contributed by atoms with E-state index in [1.807, 2.05) is 6.92 Å². The lowest BCUT2D eigenvalue weighted by Crippen LogP contribution is -2.64. The van der Waals surface area contributed by atoms with Gasteiger partial charge in [-0.1, -0.05) is 43.6 Å². The molecule has 3 rings (SSSR count). The van der Waals surface area contributed by atoms with Crippen molar-refractivity contribution in [3.63, 3.8) is 0 Å². The summed E-state index contributed by atoms with van der Waals surface area (Å²) >= 11 is 3.96. The monoisotopic (exact) mass is 386 g/mol. The number of aliphatic hydroxyl groups excluding tert-OH is 1. The number of rotatable bonds is 1. The number of fused-ring (bicyclic) bond motifs is 3. The third-order valence-electron chi connectivity index (χ3n) is 8.67. The average Bonchev–Trinajstić information content (AvgIpc) is 2.42. The number of hydrogen-bond donors (Lipinski definition) is 2. The van der Waals surface area contributed by atoms with Crippen LogP contribution in [0.1, 0.15) is 73.1 Å². The van der Waals surface area contributed by atoms with Gasteiger partial charge < -0.3 is 10.2 Å². The van der Waals surface area contributed by atoms with E-state index in [2.05, 4.69) is 43.6 Å². The Morgan fingerprint density at radius 2 is 1.43 bits per heavy atom. The summed E-state index contributed by atoms with van der Waals surface area (Å²) in [5.41, 5.74) is 0.00994. The summed E-state index contributed by atoms with van der Waals surface area (Å²) in [6.07, 6.45) is 6.83. The van der Waals surface area contributed by atoms with Gasteiger partial charge in [0.05, 0.1) is 5.60 Å². The summed E-state index contributed by atoms with van der Waals surface area (Å²) < 4.78 is 0.